The normalized spacial score (nSPS) is 16.6. The average molecular weight is 866 g/mol. The SMILES string of the molecule is CC1=C(Cl)C(C)N(S(=O)C(F)F)N1c1c(Cl)cc(C(F)(F)F)cc1Cl.Cc1c(Cl)c(SC(F)F)nn1-c1c(Cl)cc(Br)cc1Cl. The lowest BCUT2D eigenvalue weighted by molar-refractivity contribution is -0.137. The lowest BCUT2D eigenvalue weighted by atomic mass is 10.2. The molecule has 0 aliphatic carbocycles. The van der Waals surface area contributed by atoms with Crippen LogP contribution in [0, 0.1) is 6.92 Å². The summed E-state index contributed by atoms with van der Waals surface area (Å²) in [6.07, 6.45) is -4.70. The summed E-state index contributed by atoms with van der Waals surface area (Å²) >= 11 is 39.7. The third-order valence-corrected chi connectivity index (χ3v) is 10.5. The highest BCUT2D eigenvalue weighted by atomic mass is 79.9. The maximum atomic E-state index is 13.0. The molecular weight excluding hydrogens is 850 g/mol. The molecule has 1 aliphatic rings. The molecular formula is C24H16BrCl6F7N4OS2. The Morgan fingerprint density at radius 3 is 1.84 bits per heavy atom. The van der Waals surface area contributed by atoms with Crippen LogP contribution in [0.2, 0.25) is 25.1 Å². The molecule has 5 nitrogen and oxygen atoms in total. The number of thioether (sulfide) groups is 1. The first-order chi connectivity index (χ1) is 20.7. The number of allylic oxidation sites excluding steroid dienone is 1. The van der Waals surface area contributed by atoms with Crippen LogP contribution in [0.5, 0.6) is 0 Å². The number of hydrogen-bond donors (Lipinski definition) is 0. The maximum Gasteiger partial charge on any atom is 0.416 e. The van der Waals surface area contributed by atoms with Gasteiger partial charge < -0.3 is 0 Å². The van der Waals surface area contributed by atoms with Crippen LogP contribution in [0.15, 0.2) is 44.5 Å². The molecule has 2 atom stereocenters. The van der Waals surface area contributed by atoms with E-state index in [4.69, 9.17) is 69.6 Å². The van der Waals surface area contributed by atoms with Gasteiger partial charge in [-0.25, -0.2) is 8.89 Å². The van der Waals surface area contributed by atoms with Crippen molar-refractivity contribution >= 4 is 114 Å². The van der Waals surface area contributed by atoms with Gasteiger partial charge in [0.1, 0.15) is 10.7 Å². The van der Waals surface area contributed by atoms with Crippen LogP contribution in [0.1, 0.15) is 25.1 Å². The molecule has 3 aromatic rings. The molecule has 2 aromatic carbocycles. The van der Waals surface area contributed by atoms with Crippen molar-refractivity contribution in [3.63, 3.8) is 0 Å². The summed E-state index contributed by atoms with van der Waals surface area (Å²) in [4.78, 5) is 0. The molecule has 1 aromatic heterocycles. The number of nitrogens with zero attached hydrogens (tertiary/aromatic N) is 4. The number of alkyl halides is 7. The minimum Gasteiger partial charge on any atom is -0.262 e. The Morgan fingerprint density at radius 1 is 0.911 bits per heavy atom. The third kappa shape index (κ3) is 8.52. The van der Waals surface area contributed by atoms with Crippen molar-refractivity contribution < 1.29 is 34.9 Å². The van der Waals surface area contributed by atoms with Gasteiger partial charge in [0.05, 0.1) is 53.1 Å². The van der Waals surface area contributed by atoms with Gasteiger partial charge in [0.15, 0.2) is 11.0 Å². The smallest absolute Gasteiger partial charge is 0.262 e. The molecule has 2 heterocycles. The van der Waals surface area contributed by atoms with E-state index >= 15 is 0 Å². The van der Waals surface area contributed by atoms with E-state index in [1.165, 1.54) is 18.5 Å². The topological polar surface area (TPSA) is 41.4 Å². The van der Waals surface area contributed by atoms with Gasteiger partial charge in [0, 0.05) is 10.2 Å². The summed E-state index contributed by atoms with van der Waals surface area (Å²) in [5.74, 6) is -5.85. The summed E-state index contributed by atoms with van der Waals surface area (Å²) in [5.41, 5.74) is -0.261. The fraction of sp³-hybridized carbons (Fsp3) is 0.292. The molecule has 0 spiro atoms. The van der Waals surface area contributed by atoms with Gasteiger partial charge in [-0.15, -0.1) is 4.41 Å². The number of hydrogen-bond acceptors (Lipinski definition) is 4. The molecule has 248 valence electrons. The van der Waals surface area contributed by atoms with E-state index in [0.717, 1.165) is 9.42 Å². The van der Waals surface area contributed by atoms with Crippen LogP contribution in [0.25, 0.3) is 5.69 Å². The van der Waals surface area contributed by atoms with Gasteiger partial charge in [-0.3, -0.25) is 5.01 Å². The Morgan fingerprint density at radius 2 is 1.40 bits per heavy atom. The van der Waals surface area contributed by atoms with Crippen molar-refractivity contribution in [3.8, 4) is 5.69 Å². The van der Waals surface area contributed by atoms with Crippen LogP contribution in [-0.4, -0.2) is 36.0 Å². The highest BCUT2D eigenvalue weighted by molar-refractivity contribution is 9.10. The molecule has 0 fully saturated rings. The molecule has 21 heteroatoms. The summed E-state index contributed by atoms with van der Waals surface area (Å²) < 4.78 is 104. The Balaban J connectivity index is 0.000000251. The van der Waals surface area contributed by atoms with Crippen LogP contribution in [0.4, 0.5) is 36.4 Å². The van der Waals surface area contributed by atoms with Crippen LogP contribution < -0.4 is 5.01 Å². The van der Waals surface area contributed by atoms with E-state index < -0.39 is 50.3 Å². The van der Waals surface area contributed by atoms with Crippen molar-refractivity contribution in [2.45, 2.75) is 49.5 Å². The van der Waals surface area contributed by atoms with E-state index in [2.05, 4.69) is 21.0 Å². The third-order valence-electron chi connectivity index (χ3n) is 5.86. The zero-order valence-electron chi connectivity index (χ0n) is 22.3. The highest BCUT2D eigenvalue weighted by Crippen LogP contribution is 2.46. The number of halogens is 14. The molecule has 0 saturated heterocycles. The van der Waals surface area contributed by atoms with E-state index in [-0.39, 0.29) is 38.2 Å². The molecule has 0 saturated carbocycles. The molecule has 0 bridgehead atoms. The zero-order chi connectivity index (χ0) is 34.3. The fourth-order valence-corrected chi connectivity index (χ4v) is 7.90. The Labute approximate surface area is 297 Å². The van der Waals surface area contributed by atoms with Gasteiger partial charge in [0.25, 0.3) is 5.76 Å². The van der Waals surface area contributed by atoms with Gasteiger partial charge in [-0.1, -0.05) is 85.5 Å². The molecule has 0 radical (unpaired) electrons. The molecule has 4 rings (SSSR count). The first kappa shape index (κ1) is 38.8. The van der Waals surface area contributed by atoms with Gasteiger partial charge >= 0.3 is 11.9 Å². The highest BCUT2D eigenvalue weighted by Gasteiger charge is 2.43. The van der Waals surface area contributed by atoms with E-state index in [0.29, 0.717) is 38.0 Å². The van der Waals surface area contributed by atoms with Crippen molar-refractivity contribution in [1.82, 2.24) is 14.2 Å². The van der Waals surface area contributed by atoms with Crippen molar-refractivity contribution in [1.29, 1.82) is 0 Å². The fourth-order valence-electron chi connectivity index (χ4n) is 3.91. The number of rotatable bonds is 6. The molecule has 0 N–H and O–H groups in total. The second-order valence-corrected chi connectivity index (χ2v) is 14.4. The molecule has 45 heavy (non-hydrogen) atoms. The predicted molar refractivity (Wildman–Crippen MR) is 171 cm³/mol. The summed E-state index contributed by atoms with van der Waals surface area (Å²) in [5, 5.41) is 5.06. The number of hydrazine groups is 1. The first-order valence-electron chi connectivity index (χ1n) is 11.7. The van der Waals surface area contributed by atoms with Gasteiger partial charge in [0.2, 0.25) is 0 Å². The predicted octanol–water partition coefficient (Wildman–Crippen LogP) is 12.0. The van der Waals surface area contributed by atoms with Crippen molar-refractivity contribution in [3.05, 3.63) is 75.8 Å². The number of anilines is 1. The number of benzene rings is 2. The van der Waals surface area contributed by atoms with E-state index in [1.807, 2.05) is 0 Å². The quantitative estimate of drug-likeness (QED) is 0.183. The van der Waals surface area contributed by atoms with Crippen LogP contribution in [-0.2, 0) is 17.2 Å². The van der Waals surface area contributed by atoms with Crippen LogP contribution in [0.3, 0.4) is 0 Å². The molecule has 1 aliphatic heterocycles. The standard InChI is InChI=1S/C13H10Cl3F5N2OS.C11H6BrCl3F2N2S/c1-5-10(16)6(2)23(25(24)12(17)18)22(5)11-8(14)3-7(4-9(11)15)13(19,20)21;1-4-8(15)10(20-11(16)17)18-19(4)9-6(13)2-5(12)3-7(9)14/h3-4,6,12H,1-2H3;2-3,11H,1H3. The van der Waals surface area contributed by atoms with E-state index in [9.17, 15) is 34.9 Å². The second-order valence-electron chi connectivity index (χ2n) is 8.76. The Hall–Kier alpha value is -0.620. The Bertz CT molecular complexity index is 1610. The maximum absolute atomic E-state index is 13.0. The van der Waals surface area contributed by atoms with E-state index in [1.54, 1.807) is 19.1 Å². The Kier molecular flexibility index (Phi) is 13.2. The lowest BCUT2D eigenvalue weighted by Gasteiger charge is -2.33. The summed E-state index contributed by atoms with van der Waals surface area (Å²) in [7, 11) is -2.83. The summed E-state index contributed by atoms with van der Waals surface area (Å²) in [6, 6.07) is 3.58. The largest absolute Gasteiger partial charge is 0.416 e. The van der Waals surface area contributed by atoms with Crippen molar-refractivity contribution in [2.75, 3.05) is 5.01 Å². The zero-order valence-corrected chi connectivity index (χ0v) is 30.1. The van der Waals surface area contributed by atoms with Crippen molar-refractivity contribution in [2.24, 2.45) is 0 Å². The van der Waals surface area contributed by atoms with Gasteiger partial charge in [-0.2, -0.15) is 35.8 Å². The molecule has 0 amide bonds. The molecule has 2 unspecified atom stereocenters. The van der Waals surface area contributed by atoms with Crippen LogP contribution >= 0.6 is 97.3 Å². The van der Waals surface area contributed by atoms with Gasteiger partial charge in [-0.05, 0) is 56.8 Å². The second kappa shape index (κ2) is 15.3. The average Bonchev–Trinajstić information content (AvgIpc) is 3.29. The first-order valence-corrected chi connectivity index (χ1v) is 16.8. The lowest BCUT2D eigenvalue weighted by Crippen LogP contribution is -2.45. The summed E-state index contributed by atoms with van der Waals surface area (Å²) in [6.45, 7) is 4.49. The monoisotopic (exact) mass is 862 g/mol. The minimum absolute atomic E-state index is 0.0363. The number of aromatic nitrogens is 2. The minimum atomic E-state index is -4.70.